The predicted octanol–water partition coefficient (Wildman–Crippen LogP) is 3.67. The summed E-state index contributed by atoms with van der Waals surface area (Å²) in [6, 6.07) is 7.32. The first-order valence-electron chi connectivity index (χ1n) is 6.01. The van der Waals surface area contributed by atoms with E-state index in [2.05, 4.69) is 10.3 Å². The summed E-state index contributed by atoms with van der Waals surface area (Å²) < 4.78 is 0. The average Bonchev–Trinajstić information content (AvgIpc) is 2.40. The van der Waals surface area contributed by atoms with Gasteiger partial charge in [0.25, 0.3) is 0 Å². The Morgan fingerprint density at radius 1 is 1.26 bits per heavy atom. The molecule has 1 aromatic carbocycles. The fourth-order valence-electron chi connectivity index (χ4n) is 1.96. The van der Waals surface area contributed by atoms with Crippen molar-refractivity contribution in [2.75, 3.05) is 12.3 Å². The first-order valence-corrected chi connectivity index (χ1v) is 6.76. The quantitative estimate of drug-likeness (QED) is 0.905. The lowest BCUT2D eigenvalue weighted by atomic mass is 9.99. The second kappa shape index (κ2) is 6.24. The molecule has 0 fully saturated rings. The van der Waals surface area contributed by atoms with E-state index in [1.54, 1.807) is 24.5 Å². The van der Waals surface area contributed by atoms with Crippen molar-refractivity contribution < 1.29 is 0 Å². The molecule has 0 spiro atoms. The number of anilines is 1. The van der Waals surface area contributed by atoms with Crippen LogP contribution in [0.25, 0.3) is 0 Å². The molecule has 3 N–H and O–H groups in total. The largest absolute Gasteiger partial charge is 0.398 e. The van der Waals surface area contributed by atoms with Crippen LogP contribution in [0.2, 0.25) is 10.0 Å². The average molecular weight is 296 g/mol. The number of pyridine rings is 1. The van der Waals surface area contributed by atoms with Crippen molar-refractivity contribution in [1.29, 1.82) is 0 Å². The van der Waals surface area contributed by atoms with Crippen molar-refractivity contribution in [2.45, 2.75) is 13.0 Å². The predicted molar refractivity (Wildman–Crippen MR) is 80.6 cm³/mol. The van der Waals surface area contributed by atoms with E-state index in [1.807, 2.05) is 19.1 Å². The highest BCUT2D eigenvalue weighted by atomic mass is 35.5. The van der Waals surface area contributed by atoms with Gasteiger partial charge in [-0.25, -0.2) is 0 Å². The Hall–Kier alpha value is -1.29. The van der Waals surface area contributed by atoms with Crippen LogP contribution in [0.1, 0.15) is 24.1 Å². The molecule has 3 nitrogen and oxygen atoms in total. The molecule has 0 saturated heterocycles. The van der Waals surface area contributed by atoms with Crippen molar-refractivity contribution in [2.24, 2.45) is 0 Å². The minimum absolute atomic E-state index is 0.0477. The first-order chi connectivity index (χ1) is 9.13. The maximum absolute atomic E-state index is 6.08. The van der Waals surface area contributed by atoms with Gasteiger partial charge >= 0.3 is 0 Å². The highest BCUT2D eigenvalue weighted by molar-refractivity contribution is 6.42. The molecule has 0 aliphatic rings. The number of nitrogens with one attached hydrogen (secondary N) is 1. The van der Waals surface area contributed by atoms with Crippen LogP contribution < -0.4 is 11.1 Å². The number of nitrogens with two attached hydrogens (primary N) is 1. The normalized spacial score (nSPS) is 12.4. The monoisotopic (exact) mass is 295 g/mol. The lowest BCUT2D eigenvalue weighted by molar-refractivity contribution is 0.630. The van der Waals surface area contributed by atoms with Crippen LogP contribution in [0.4, 0.5) is 5.69 Å². The van der Waals surface area contributed by atoms with Crippen LogP contribution in [0.15, 0.2) is 36.7 Å². The van der Waals surface area contributed by atoms with E-state index < -0.39 is 0 Å². The molecule has 1 aromatic heterocycles. The Morgan fingerprint density at radius 2 is 2.05 bits per heavy atom. The number of aromatic nitrogens is 1. The minimum atomic E-state index is -0.0477. The van der Waals surface area contributed by atoms with Gasteiger partial charge in [-0.05, 0) is 30.3 Å². The van der Waals surface area contributed by atoms with Gasteiger partial charge in [0.1, 0.15) is 0 Å². The molecule has 0 amide bonds. The summed E-state index contributed by atoms with van der Waals surface area (Å²) in [5.41, 5.74) is 8.66. The molecule has 1 unspecified atom stereocenters. The van der Waals surface area contributed by atoms with Crippen LogP contribution in [0.5, 0.6) is 0 Å². The van der Waals surface area contributed by atoms with Crippen LogP contribution >= 0.6 is 23.2 Å². The van der Waals surface area contributed by atoms with E-state index in [0.717, 1.165) is 17.7 Å². The zero-order valence-corrected chi connectivity index (χ0v) is 12.0. The van der Waals surface area contributed by atoms with Gasteiger partial charge in [0.05, 0.1) is 16.1 Å². The Bertz CT molecular complexity index is 572. The van der Waals surface area contributed by atoms with E-state index >= 15 is 0 Å². The van der Waals surface area contributed by atoms with Crippen molar-refractivity contribution in [3.8, 4) is 0 Å². The molecular formula is C14H15Cl2N3. The van der Waals surface area contributed by atoms with Gasteiger partial charge in [-0.2, -0.15) is 0 Å². The summed E-state index contributed by atoms with van der Waals surface area (Å²) in [7, 11) is 0. The van der Waals surface area contributed by atoms with Crippen LogP contribution in [-0.2, 0) is 0 Å². The smallest absolute Gasteiger partial charge is 0.0613 e. The summed E-state index contributed by atoms with van der Waals surface area (Å²) >= 11 is 12.0. The van der Waals surface area contributed by atoms with Crippen molar-refractivity contribution in [3.05, 3.63) is 57.8 Å². The van der Waals surface area contributed by atoms with Crippen LogP contribution in [0, 0.1) is 0 Å². The molecule has 1 heterocycles. The topological polar surface area (TPSA) is 50.9 Å². The molecule has 0 aliphatic carbocycles. The van der Waals surface area contributed by atoms with Gasteiger partial charge in [-0.15, -0.1) is 0 Å². The number of halogens is 2. The standard InChI is InChI=1S/C14H15Cl2N3/c1-2-19-14(10-8-18-6-5-13(10)17)9-3-4-11(15)12(16)7-9/h3-8,14,19H,2H2,1H3,(H2,17,18). The molecule has 19 heavy (non-hydrogen) atoms. The molecule has 0 bridgehead atoms. The molecule has 2 aromatic rings. The number of hydrogen-bond donors (Lipinski definition) is 2. The number of nitrogens with zero attached hydrogens (tertiary/aromatic N) is 1. The van der Waals surface area contributed by atoms with Gasteiger partial charge in [0.2, 0.25) is 0 Å². The Balaban J connectivity index is 2.45. The summed E-state index contributed by atoms with van der Waals surface area (Å²) in [5.74, 6) is 0. The molecule has 0 aliphatic heterocycles. The fourth-order valence-corrected chi connectivity index (χ4v) is 2.27. The highest BCUT2D eigenvalue weighted by Crippen LogP contribution is 2.30. The molecule has 100 valence electrons. The van der Waals surface area contributed by atoms with Crippen molar-refractivity contribution >= 4 is 28.9 Å². The Labute approximate surface area is 122 Å². The molecule has 0 radical (unpaired) electrons. The third-order valence-electron chi connectivity index (χ3n) is 2.88. The Kier molecular flexibility index (Phi) is 4.64. The first kappa shape index (κ1) is 14.1. The van der Waals surface area contributed by atoms with E-state index in [4.69, 9.17) is 28.9 Å². The zero-order valence-electron chi connectivity index (χ0n) is 10.5. The molecule has 5 heteroatoms. The highest BCUT2D eigenvalue weighted by Gasteiger charge is 2.16. The van der Waals surface area contributed by atoms with E-state index in [0.29, 0.717) is 15.7 Å². The Morgan fingerprint density at radius 3 is 2.68 bits per heavy atom. The van der Waals surface area contributed by atoms with E-state index in [-0.39, 0.29) is 6.04 Å². The maximum atomic E-state index is 6.08. The van der Waals surface area contributed by atoms with Crippen LogP contribution in [0.3, 0.4) is 0 Å². The third kappa shape index (κ3) is 3.18. The summed E-state index contributed by atoms with van der Waals surface area (Å²) in [5, 5.41) is 4.45. The second-order valence-electron chi connectivity index (χ2n) is 4.17. The fraction of sp³-hybridized carbons (Fsp3) is 0.214. The van der Waals surface area contributed by atoms with Gasteiger partial charge in [0, 0.05) is 23.6 Å². The maximum Gasteiger partial charge on any atom is 0.0613 e. The molecule has 2 rings (SSSR count). The van der Waals surface area contributed by atoms with Gasteiger partial charge in [-0.1, -0.05) is 36.2 Å². The van der Waals surface area contributed by atoms with E-state index in [1.165, 1.54) is 0 Å². The van der Waals surface area contributed by atoms with Crippen molar-refractivity contribution in [1.82, 2.24) is 10.3 Å². The SMILES string of the molecule is CCNC(c1ccc(Cl)c(Cl)c1)c1cnccc1N. The number of benzene rings is 1. The lowest BCUT2D eigenvalue weighted by Gasteiger charge is -2.20. The number of hydrogen-bond acceptors (Lipinski definition) is 3. The zero-order chi connectivity index (χ0) is 13.8. The van der Waals surface area contributed by atoms with E-state index in [9.17, 15) is 0 Å². The van der Waals surface area contributed by atoms with Crippen LogP contribution in [-0.4, -0.2) is 11.5 Å². The molecule has 1 atom stereocenters. The molecule has 0 saturated carbocycles. The number of rotatable bonds is 4. The van der Waals surface area contributed by atoms with Gasteiger partial charge in [-0.3, -0.25) is 4.98 Å². The van der Waals surface area contributed by atoms with Gasteiger partial charge in [0.15, 0.2) is 0 Å². The summed E-state index contributed by atoms with van der Waals surface area (Å²) in [6.07, 6.45) is 3.45. The molecular weight excluding hydrogens is 281 g/mol. The second-order valence-corrected chi connectivity index (χ2v) is 4.98. The lowest BCUT2D eigenvalue weighted by Crippen LogP contribution is -2.23. The summed E-state index contributed by atoms with van der Waals surface area (Å²) in [4.78, 5) is 4.14. The number of nitrogen functional groups attached to an aromatic ring is 1. The summed E-state index contributed by atoms with van der Waals surface area (Å²) in [6.45, 7) is 2.84. The third-order valence-corrected chi connectivity index (χ3v) is 3.62. The van der Waals surface area contributed by atoms with Crippen molar-refractivity contribution in [3.63, 3.8) is 0 Å². The van der Waals surface area contributed by atoms with Gasteiger partial charge < -0.3 is 11.1 Å². The minimum Gasteiger partial charge on any atom is -0.398 e.